The van der Waals surface area contributed by atoms with Crippen LogP contribution >= 0.6 is 11.3 Å². The van der Waals surface area contributed by atoms with Gasteiger partial charge in [0.05, 0.1) is 17.1 Å². The first-order valence-corrected chi connectivity index (χ1v) is 11.8. The number of aromatic nitrogens is 1. The maximum absolute atomic E-state index is 12.8. The van der Waals surface area contributed by atoms with Crippen LogP contribution < -0.4 is 16.0 Å². The van der Waals surface area contributed by atoms with Crippen LogP contribution in [0.4, 0.5) is 16.5 Å². The molecule has 0 aliphatic heterocycles. The fourth-order valence-corrected chi connectivity index (χ4v) is 3.86. The standard InChI is InChI=1S/C25H29N5O3S/c1-16-7-5-6-8-19(16)14-26-20-10-9-18(24(33)29-25-27-17(2)15-34-25)13-21(20)28-22(31)11-12-23(32)30(3)4/h5-10,13,15,26H,11-12,14H2,1-4H3,(H,28,31)(H,27,29,33). The molecule has 0 unspecified atom stereocenters. The lowest BCUT2D eigenvalue weighted by Gasteiger charge is -2.16. The van der Waals surface area contributed by atoms with E-state index in [1.54, 1.807) is 32.3 Å². The van der Waals surface area contributed by atoms with Crippen LogP contribution in [0.15, 0.2) is 47.8 Å². The van der Waals surface area contributed by atoms with Crippen LogP contribution in [0.2, 0.25) is 0 Å². The average molecular weight is 480 g/mol. The van der Waals surface area contributed by atoms with Crippen LogP contribution in [0.1, 0.15) is 40.0 Å². The fourth-order valence-electron chi connectivity index (χ4n) is 3.18. The van der Waals surface area contributed by atoms with E-state index in [2.05, 4.69) is 20.9 Å². The summed E-state index contributed by atoms with van der Waals surface area (Å²) in [5.41, 5.74) is 4.64. The van der Waals surface area contributed by atoms with E-state index in [9.17, 15) is 14.4 Å². The van der Waals surface area contributed by atoms with Crippen molar-refractivity contribution in [1.29, 1.82) is 0 Å². The number of nitrogens with one attached hydrogen (secondary N) is 3. The van der Waals surface area contributed by atoms with E-state index in [0.29, 0.717) is 28.6 Å². The number of nitrogens with zero attached hydrogens (tertiary/aromatic N) is 2. The Morgan fingerprint density at radius 1 is 0.971 bits per heavy atom. The van der Waals surface area contributed by atoms with E-state index in [1.807, 2.05) is 43.5 Å². The molecule has 178 valence electrons. The molecule has 3 N–H and O–H groups in total. The topological polar surface area (TPSA) is 103 Å². The highest BCUT2D eigenvalue weighted by Crippen LogP contribution is 2.26. The Kier molecular flexibility index (Phi) is 8.37. The molecule has 0 fully saturated rings. The van der Waals surface area contributed by atoms with Gasteiger partial charge in [0.15, 0.2) is 5.13 Å². The van der Waals surface area contributed by atoms with E-state index in [1.165, 1.54) is 16.2 Å². The van der Waals surface area contributed by atoms with Crippen molar-refractivity contribution >= 4 is 45.6 Å². The lowest BCUT2D eigenvalue weighted by atomic mass is 10.1. The number of anilines is 3. The first-order valence-electron chi connectivity index (χ1n) is 10.9. The molecule has 0 radical (unpaired) electrons. The maximum atomic E-state index is 12.8. The summed E-state index contributed by atoms with van der Waals surface area (Å²) >= 11 is 1.35. The van der Waals surface area contributed by atoms with Crippen molar-refractivity contribution in [3.63, 3.8) is 0 Å². The third-order valence-electron chi connectivity index (χ3n) is 5.19. The molecule has 2 aromatic carbocycles. The Labute approximate surface area is 203 Å². The van der Waals surface area contributed by atoms with Crippen LogP contribution in [-0.4, -0.2) is 41.7 Å². The van der Waals surface area contributed by atoms with Gasteiger partial charge in [-0.05, 0) is 43.2 Å². The highest BCUT2D eigenvalue weighted by atomic mass is 32.1. The molecule has 3 rings (SSSR count). The number of aryl methyl sites for hydroxylation is 2. The Bertz CT molecular complexity index is 1190. The molecule has 1 heterocycles. The van der Waals surface area contributed by atoms with Gasteiger partial charge in [0, 0.05) is 44.4 Å². The first-order chi connectivity index (χ1) is 16.2. The molecular formula is C25H29N5O3S. The van der Waals surface area contributed by atoms with E-state index in [-0.39, 0.29) is 30.6 Å². The van der Waals surface area contributed by atoms with Gasteiger partial charge in [-0.15, -0.1) is 11.3 Å². The second-order valence-corrected chi connectivity index (χ2v) is 8.98. The summed E-state index contributed by atoms with van der Waals surface area (Å²) in [6.45, 7) is 4.45. The second kappa shape index (κ2) is 11.4. The van der Waals surface area contributed by atoms with Gasteiger partial charge in [-0.1, -0.05) is 24.3 Å². The number of thiazole rings is 1. The SMILES string of the molecule is Cc1csc(NC(=O)c2ccc(NCc3ccccc3C)c(NC(=O)CCC(=O)N(C)C)c2)n1. The summed E-state index contributed by atoms with van der Waals surface area (Å²) in [4.78, 5) is 42.9. The highest BCUT2D eigenvalue weighted by Gasteiger charge is 2.15. The third-order valence-corrected chi connectivity index (χ3v) is 6.07. The van der Waals surface area contributed by atoms with Gasteiger partial charge in [-0.3, -0.25) is 19.7 Å². The zero-order valence-corrected chi connectivity index (χ0v) is 20.6. The molecule has 0 atom stereocenters. The molecule has 0 aliphatic rings. The Balaban J connectivity index is 1.78. The average Bonchev–Trinajstić information content (AvgIpc) is 3.21. The van der Waals surface area contributed by atoms with Crippen LogP contribution in [-0.2, 0) is 16.1 Å². The largest absolute Gasteiger partial charge is 0.379 e. The van der Waals surface area contributed by atoms with Crippen molar-refractivity contribution < 1.29 is 14.4 Å². The van der Waals surface area contributed by atoms with E-state index >= 15 is 0 Å². The van der Waals surface area contributed by atoms with Gasteiger partial charge < -0.3 is 15.5 Å². The molecular weight excluding hydrogens is 450 g/mol. The minimum absolute atomic E-state index is 0.0447. The number of benzene rings is 2. The molecule has 1 aromatic heterocycles. The number of hydrogen-bond acceptors (Lipinski definition) is 6. The minimum atomic E-state index is -0.321. The number of hydrogen-bond donors (Lipinski definition) is 3. The molecule has 3 amide bonds. The number of amides is 3. The van der Waals surface area contributed by atoms with Crippen molar-refractivity contribution in [2.75, 3.05) is 30.0 Å². The summed E-state index contributed by atoms with van der Waals surface area (Å²) in [5.74, 6) is -0.750. The van der Waals surface area contributed by atoms with Gasteiger partial charge >= 0.3 is 0 Å². The number of rotatable bonds is 9. The lowest BCUT2D eigenvalue weighted by Crippen LogP contribution is -2.23. The zero-order valence-electron chi connectivity index (χ0n) is 19.8. The predicted octanol–water partition coefficient (Wildman–Crippen LogP) is 4.43. The van der Waals surface area contributed by atoms with Crippen molar-refractivity contribution in [2.24, 2.45) is 0 Å². The van der Waals surface area contributed by atoms with Gasteiger partial charge in [0.1, 0.15) is 0 Å². The second-order valence-electron chi connectivity index (χ2n) is 8.12. The molecule has 8 nitrogen and oxygen atoms in total. The van der Waals surface area contributed by atoms with Crippen molar-refractivity contribution in [3.8, 4) is 0 Å². The van der Waals surface area contributed by atoms with Gasteiger partial charge in [-0.25, -0.2) is 4.98 Å². The summed E-state index contributed by atoms with van der Waals surface area (Å²) in [5, 5.41) is 11.3. The predicted molar refractivity (Wildman–Crippen MR) is 136 cm³/mol. The van der Waals surface area contributed by atoms with Crippen molar-refractivity contribution in [1.82, 2.24) is 9.88 Å². The molecule has 3 aromatic rings. The third kappa shape index (κ3) is 6.89. The molecule has 0 bridgehead atoms. The fraction of sp³-hybridized carbons (Fsp3) is 0.280. The Morgan fingerprint density at radius 2 is 1.74 bits per heavy atom. The molecule has 0 saturated heterocycles. The van der Waals surface area contributed by atoms with Gasteiger partial charge in [0.25, 0.3) is 5.91 Å². The smallest absolute Gasteiger partial charge is 0.257 e. The van der Waals surface area contributed by atoms with Gasteiger partial charge in [-0.2, -0.15) is 0 Å². The molecule has 34 heavy (non-hydrogen) atoms. The monoisotopic (exact) mass is 479 g/mol. The number of carbonyl (C=O) groups is 3. The quantitative estimate of drug-likeness (QED) is 0.421. The molecule has 0 aliphatic carbocycles. The van der Waals surface area contributed by atoms with Crippen LogP contribution in [0.25, 0.3) is 0 Å². The Morgan fingerprint density at radius 3 is 2.41 bits per heavy atom. The minimum Gasteiger partial charge on any atom is -0.379 e. The van der Waals surface area contributed by atoms with Gasteiger partial charge in [0.2, 0.25) is 11.8 Å². The lowest BCUT2D eigenvalue weighted by molar-refractivity contribution is -0.130. The normalized spacial score (nSPS) is 10.5. The molecule has 0 saturated carbocycles. The van der Waals surface area contributed by atoms with E-state index in [0.717, 1.165) is 16.8 Å². The van der Waals surface area contributed by atoms with Crippen molar-refractivity contribution in [2.45, 2.75) is 33.2 Å². The van der Waals surface area contributed by atoms with Crippen LogP contribution in [0, 0.1) is 13.8 Å². The summed E-state index contributed by atoms with van der Waals surface area (Å²) < 4.78 is 0. The van der Waals surface area contributed by atoms with Crippen molar-refractivity contribution in [3.05, 3.63) is 70.2 Å². The number of carbonyl (C=O) groups excluding carboxylic acids is 3. The Hall–Kier alpha value is -3.72. The highest BCUT2D eigenvalue weighted by molar-refractivity contribution is 7.13. The maximum Gasteiger partial charge on any atom is 0.257 e. The summed E-state index contributed by atoms with van der Waals surface area (Å²) in [7, 11) is 3.31. The van der Waals surface area contributed by atoms with Crippen LogP contribution in [0.3, 0.4) is 0 Å². The van der Waals surface area contributed by atoms with E-state index in [4.69, 9.17) is 0 Å². The summed E-state index contributed by atoms with van der Waals surface area (Å²) in [6, 6.07) is 13.1. The molecule has 9 heteroatoms. The summed E-state index contributed by atoms with van der Waals surface area (Å²) in [6.07, 6.45) is 0.150. The van der Waals surface area contributed by atoms with Crippen LogP contribution in [0.5, 0.6) is 0 Å². The first kappa shape index (κ1) is 24.9. The molecule has 0 spiro atoms. The zero-order chi connectivity index (χ0) is 24.7. The van der Waals surface area contributed by atoms with E-state index < -0.39 is 0 Å².